The van der Waals surface area contributed by atoms with Crippen molar-refractivity contribution in [2.24, 2.45) is 0 Å². The number of rotatable bonds is 3. The summed E-state index contributed by atoms with van der Waals surface area (Å²) in [4.78, 5) is 23.8. The Morgan fingerprint density at radius 3 is 2.19 bits per heavy atom. The van der Waals surface area contributed by atoms with Gasteiger partial charge in [0.2, 0.25) is 0 Å². The van der Waals surface area contributed by atoms with Gasteiger partial charge in [-0.15, -0.1) is 0 Å². The SMILES string of the molecule is O=C1OC(=O)C(c2ccccc2)=C1Cc1ccc(Cl)cc1. The lowest BCUT2D eigenvalue weighted by Crippen LogP contribution is -2.03. The number of benzene rings is 2. The second-order valence-electron chi connectivity index (χ2n) is 4.70. The van der Waals surface area contributed by atoms with Crippen LogP contribution in [0.25, 0.3) is 5.57 Å². The Balaban J connectivity index is 2.03. The van der Waals surface area contributed by atoms with Crippen molar-refractivity contribution in [3.8, 4) is 0 Å². The fourth-order valence-electron chi connectivity index (χ4n) is 2.29. The van der Waals surface area contributed by atoms with E-state index in [0.29, 0.717) is 28.2 Å². The molecule has 0 bridgehead atoms. The summed E-state index contributed by atoms with van der Waals surface area (Å²) >= 11 is 5.85. The van der Waals surface area contributed by atoms with Crippen LogP contribution in [0.3, 0.4) is 0 Å². The quantitative estimate of drug-likeness (QED) is 0.644. The normalized spacial score (nSPS) is 14.5. The van der Waals surface area contributed by atoms with Crippen LogP contribution >= 0.6 is 11.6 Å². The predicted molar refractivity (Wildman–Crippen MR) is 79.6 cm³/mol. The first-order valence-corrected chi connectivity index (χ1v) is 6.82. The molecule has 2 aromatic rings. The van der Waals surface area contributed by atoms with Crippen LogP contribution in [-0.4, -0.2) is 11.9 Å². The minimum absolute atomic E-state index is 0.339. The number of halogens is 1. The average molecular weight is 299 g/mol. The molecule has 0 saturated heterocycles. The van der Waals surface area contributed by atoms with E-state index in [4.69, 9.17) is 16.3 Å². The molecule has 104 valence electrons. The smallest absolute Gasteiger partial charge is 0.347 e. The molecule has 1 heterocycles. The summed E-state index contributed by atoms with van der Waals surface area (Å²) in [6.07, 6.45) is 0.339. The van der Waals surface area contributed by atoms with E-state index in [1.165, 1.54) is 0 Å². The van der Waals surface area contributed by atoms with Gasteiger partial charge in [0.25, 0.3) is 0 Å². The van der Waals surface area contributed by atoms with Crippen molar-refractivity contribution in [3.05, 3.63) is 76.3 Å². The maximum Gasteiger partial charge on any atom is 0.347 e. The van der Waals surface area contributed by atoms with Gasteiger partial charge in [-0.3, -0.25) is 0 Å². The van der Waals surface area contributed by atoms with E-state index in [1.807, 2.05) is 30.3 Å². The Morgan fingerprint density at radius 1 is 0.857 bits per heavy atom. The fourth-order valence-corrected chi connectivity index (χ4v) is 2.41. The second-order valence-corrected chi connectivity index (χ2v) is 5.14. The highest BCUT2D eigenvalue weighted by Crippen LogP contribution is 2.29. The molecule has 0 aromatic heterocycles. The van der Waals surface area contributed by atoms with Gasteiger partial charge < -0.3 is 4.74 Å². The van der Waals surface area contributed by atoms with Gasteiger partial charge in [0, 0.05) is 11.4 Å². The van der Waals surface area contributed by atoms with Crippen molar-refractivity contribution in [1.29, 1.82) is 0 Å². The first-order chi connectivity index (χ1) is 10.1. The first kappa shape index (κ1) is 13.6. The number of hydrogen-bond donors (Lipinski definition) is 0. The van der Waals surface area contributed by atoms with Crippen LogP contribution in [0.4, 0.5) is 0 Å². The molecule has 3 nitrogen and oxygen atoms in total. The number of esters is 2. The molecule has 4 heteroatoms. The lowest BCUT2D eigenvalue weighted by atomic mass is 9.97. The Labute approximate surface area is 126 Å². The van der Waals surface area contributed by atoms with E-state index in [-0.39, 0.29) is 0 Å². The lowest BCUT2D eigenvalue weighted by molar-refractivity contribution is -0.150. The number of carbonyl (C=O) groups is 2. The summed E-state index contributed by atoms with van der Waals surface area (Å²) in [7, 11) is 0. The molecule has 3 rings (SSSR count). The van der Waals surface area contributed by atoms with Crippen molar-refractivity contribution in [3.63, 3.8) is 0 Å². The van der Waals surface area contributed by atoms with Crippen molar-refractivity contribution in [2.45, 2.75) is 6.42 Å². The summed E-state index contributed by atoms with van der Waals surface area (Å²) in [5.41, 5.74) is 2.32. The fraction of sp³-hybridized carbons (Fsp3) is 0.0588. The highest BCUT2D eigenvalue weighted by Gasteiger charge is 2.33. The van der Waals surface area contributed by atoms with Crippen molar-refractivity contribution >= 4 is 29.1 Å². The molecule has 1 aliphatic heterocycles. The van der Waals surface area contributed by atoms with Gasteiger partial charge >= 0.3 is 11.9 Å². The number of hydrogen-bond acceptors (Lipinski definition) is 3. The van der Waals surface area contributed by atoms with Gasteiger partial charge in [0.05, 0.1) is 11.1 Å². The summed E-state index contributed by atoms with van der Waals surface area (Å²) in [5.74, 6) is -1.16. The molecule has 0 N–H and O–H groups in total. The van der Waals surface area contributed by atoms with Crippen LogP contribution in [0.2, 0.25) is 5.02 Å². The standard InChI is InChI=1S/C17H11ClO3/c18-13-8-6-11(7-9-13)10-14-15(17(20)21-16(14)19)12-4-2-1-3-5-12/h1-9H,10H2. The number of cyclic esters (lactones) is 2. The van der Waals surface area contributed by atoms with Gasteiger partial charge in [-0.25, -0.2) is 9.59 Å². The zero-order valence-corrected chi connectivity index (χ0v) is 11.8. The highest BCUT2D eigenvalue weighted by molar-refractivity contribution is 6.31. The van der Waals surface area contributed by atoms with Crippen LogP contribution in [0.15, 0.2) is 60.2 Å². The summed E-state index contributed by atoms with van der Waals surface area (Å²) < 4.78 is 4.76. The minimum atomic E-state index is -0.588. The van der Waals surface area contributed by atoms with Crippen LogP contribution < -0.4 is 0 Å². The Hall–Kier alpha value is -2.39. The summed E-state index contributed by atoms with van der Waals surface area (Å²) in [5, 5.41) is 0.626. The third-order valence-electron chi connectivity index (χ3n) is 3.29. The minimum Gasteiger partial charge on any atom is -0.386 e. The number of carbonyl (C=O) groups excluding carboxylic acids is 2. The largest absolute Gasteiger partial charge is 0.386 e. The third-order valence-corrected chi connectivity index (χ3v) is 3.55. The molecule has 0 aliphatic carbocycles. The zero-order valence-electron chi connectivity index (χ0n) is 11.0. The van der Waals surface area contributed by atoms with Crippen molar-refractivity contribution in [1.82, 2.24) is 0 Å². The monoisotopic (exact) mass is 298 g/mol. The molecule has 0 spiro atoms. The van der Waals surface area contributed by atoms with Crippen LogP contribution in [-0.2, 0) is 20.7 Å². The Kier molecular flexibility index (Phi) is 3.59. The summed E-state index contributed by atoms with van der Waals surface area (Å²) in [6, 6.07) is 16.2. The van der Waals surface area contributed by atoms with Crippen molar-refractivity contribution in [2.75, 3.05) is 0 Å². The van der Waals surface area contributed by atoms with Crippen LogP contribution in [0, 0.1) is 0 Å². The van der Waals surface area contributed by atoms with E-state index >= 15 is 0 Å². The second kappa shape index (κ2) is 5.54. The molecule has 0 amide bonds. The highest BCUT2D eigenvalue weighted by atomic mass is 35.5. The molecule has 0 saturated carbocycles. The van der Waals surface area contributed by atoms with Crippen LogP contribution in [0.5, 0.6) is 0 Å². The Bertz CT molecular complexity index is 730. The van der Waals surface area contributed by atoms with E-state index in [0.717, 1.165) is 5.56 Å². The maximum absolute atomic E-state index is 11.9. The average Bonchev–Trinajstić information content (AvgIpc) is 2.76. The Morgan fingerprint density at radius 2 is 1.52 bits per heavy atom. The van der Waals surface area contributed by atoms with E-state index in [9.17, 15) is 9.59 Å². The summed E-state index contributed by atoms with van der Waals surface area (Å²) in [6.45, 7) is 0. The molecular weight excluding hydrogens is 288 g/mol. The van der Waals surface area contributed by atoms with Gasteiger partial charge in [-0.1, -0.05) is 54.1 Å². The molecule has 0 radical (unpaired) electrons. The van der Waals surface area contributed by atoms with Gasteiger partial charge in [0.15, 0.2) is 0 Å². The van der Waals surface area contributed by atoms with Gasteiger partial charge in [-0.05, 0) is 23.3 Å². The molecule has 0 fully saturated rings. The predicted octanol–water partition coefficient (Wildman–Crippen LogP) is 3.42. The van der Waals surface area contributed by atoms with Gasteiger partial charge in [-0.2, -0.15) is 0 Å². The first-order valence-electron chi connectivity index (χ1n) is 6.44. The molecule has 21 heavy (non-hydrogen) atoms. The molecule has 2 aromatic carbocycles. The van der Waals surface area contributed by atoms with E-state index < -0.39 is 11.9 Å². The molecule has 0 atom stereocenters. The maximum atomic E-state index is 11.9. The van der Waals surface area contributed by atoms with E-state index in [1.54, 1.807) is 24.3 Å². The zero-order chi connectivity index (χ0) is 14.8. The van der Waals surface area contributed by atoms with E-state index in [2.05, 4.69) is 0 Å². The lowest BCUT2D eigenvalue weighted by Gasteiger charge is -2.03. The molecule has 0 unspecified atom stereocenters. The third kappa shape index (κ3) is 2.73. The molecule has 1 aliphatic rings. The van der Waals surface area contributed by atoms with Crippen molar-refractivity contribution < 1.29 is 14.3 Å². The molecular formula is C17H11ClO3. The van der Waals surface area contributed by atoms with Gasteiger partial charge in [0.1, 0.15) is 0 Å². The van der Waals surface area contributed by atoms with Crippen LogP contribution in [0.1, 0.15) is 11.1 Å². The number of ether oxygens (including phenoxy) is 1. The topological polar surface area (TPSA) is 43.4 Å².